The van der Waals surface area contributed by atoms with Gasteiger partial charge in [0.15, 0.2) is 5.75 Å². The zero-order valence-electron chi connectivity index (χ0n) is 41.2. The van der Waals surface area contributed by atoms with Gasteiger partial charge in [-0.15, -0.1) is 22.7 Å². The molecule has 3 saturated heterocycles. The molecular weight excluding hydrogens is 1000 g/mol. The number of phenols is 1. The van der Waals surface area contributed by atoms with Gasteiger partial charge in [0.05, 0.1) is 52.3 Å². The molecule has 0 bridgehead atoms. The van der Waals surface area contributed by atoms with Gasteiger partial charge in [0, 0.05) is 53.3 Å². The molecule has 2 atom stereocenters. The van der Waals surface area contributed by atoms with Crippen LogP contribution in [0.2, 0.25) is 0 Å². The highest BCUT2D eigenvalue weighted by Crippen LogP contribution is 2.47. The Hall–Kier alpha value is -5.20. The summed E-state index contributed by atoms with van der Waals surface area (Å²) in [6, 6.07) is 29.5. The van der Waals surface area contributed by atoms with E-state index in [0.717, 1.165) is 112 Å². The van der Waals surface area contributed by atoms with Crippen LogP contribution in [-0.4, -0.2) is 127 Å². The number of likely N-dealkylation sites (tertiary alicyclic amines) is 3. The molecule has 71 heavy (non-hydrogen) atoms. The molecule has 4 aromatic carbocycles. The van der Waals surface area contributed by atoms with Gasteiger partial charge >= 0.3 is 0 Å². The molecule has 3 fully saturated rings. The molecule has 376 valence electrons. The van der Waals surface area contributed by atoms with Crippen LogP contribution in [0.15, 0.2) is 101 Å². The molecule has 6 aromatic rings. The number of thiazole rings is 1. The van der Waals surface area contributed by atoms with Gasteiger partial charge in [-0.05, 0) is 123 Å². The number of fused-ring (bicyclic) bond motifs is 1. The molecule has 0 aliphatic carbocycles. The third-order valence-electron chi connectivity index (χ3n) is 13.4. The highest BCUT2D eigenvalue weighted by Gasteiger charge is 2.35. The molecule has 0 spiro atoms. The maximum Gasteiger partial charge on any atom is 0.237 e. The minimum atomic E-state index is -0.477. The number of aromatic hydroxyl groups is 1. The van der Waals surface area contributed by atoms with Crippen LogP contribution < -0.4 is 20.1 Å². The first-order valence-electron chi connectivity index (χ1n) is 24.4. The minimum absolute atomic E-state index is 0.0408. The summed E-state index contributed by atoms with van der Waals surface area (Å²) in [5.74, 6) is 2.49. The second kappa shape index (κ2) is 24.0. The number of aromatic nitrogens is 1. The van der Waals surface area contributed by atoms with E-state index in [4.69, 9.17) is 14.2 Å². The van der Waals surface area contributed by atoms with Crippen molar-refractivity contribution in [3.05, 3.63) is 112 Å². The third-order valence-corrected chi connectivity index (χ3v) is 16.1. The van der Waals surface area contributed by atoms with Crippen molar-refractivity contribution in [2.24, 2.45) is 5.41 Å². The van der Waals surface area contributed by atoms with E-state index in [2.05, 4.69) is 82.6 Å². The minimum Gasteiger partial charge on any atom is -0.508 e. The SMILES string of the molecule is CC(C)(C)C(C=O)NC(=O)CN1CCC(N2CC(OCCOc3ccc(Oc4c(-c5ccc(Br)cc5)sc5cc(O)ccc45)cc3)C2)CC1.Cc1ncsc1-c1ccc(CNC(=O)C2CCCN2C)cc1. The molecule has 0 saturated carbocycles. The number of hydrogen-bond acceptors (Lipinski definition) is 13. The summed E-state index contributed by atoms with van der Waals surface area (Å²) < 4.78 is 20.4. The van der Waals surface area contributed by atoms with Crippen molar-refractivity contribution in [1.29, 1.82) is 0 Å². The number of benzene rings is 4. The Kier molecular flexibility index (Phi) is 17.6. The number of carbonyl (C=O) groups is 3. The lowest BCUT2D eigenvalue weighted by atomic mass is 9.87. The highest BCUT2D eigenvalue weighted by atomic mass is 79.9. The van der Waals surface area contributed by atoms with Crippen LogP contribution in [-0.2, 0) is 25.7 Å². The number of nitrogens with zero attached hydrogens (tertiary/aromatic N) is 4. The molecule has 5 heterocycles. The van der Waals surface area contributed by atoms with E-state index in [0.29, 0.717) is 38.1 Å². The van der Waals surface area contributed by atoms with Gasteiger partial charge in [-0.2, -0.15) is 0 Å². The Balaban J connectivity index is 0.000000255. The number of amides is 2. The number of ether oxygens (including phenoxy) is 3. The first-order chi connectivity index (χ1) is 34.2. The molecule has 2 aromatic heterocycles. The number of thiophene rings is 1. The molecule has 0 radical (unpaired) electrons. The van der Waals surface area contributed by atoms with E-state index < -0.39 is 6.04 Å². The van der Waals surface area contributed by atoms with Crippen LogP contribution >= 0.6 is 38.6 Å². The fraction of sp³-hybridized carbons (Fsp3) is 0.418. The van der Waals surface area contributed by atoms with Crippen molar-refractivity contribution in [2.45, 2.75) is 84.2 Å². The van der Waals surface area contributed by atoms with E-state index in [1.54, 1.807) is 34.8 Å². The number of phenolic OH excluding ortho intramolecular Hbond substituents is 1. The van der Waals surface area contributed by atoms with Crippen LogP contribution in [0.25, 0.3) is 31.0 Å². The number of piperidine rings is 1. The summed E-state index contributed by atoms with van der Waals surface area (Å²) in [6.45, 7) is 14.4. The average molecular weight is 1070 g/mol. The molecule has 2 unspecified atom stereocenters. The molecule has 3 N–H and O–H groups in total. The highest BCUT2D eigenvalue weighted by molar-refractivity contribution is 9.10. The van der Waals surface area contributed by atoms with E-state index >= 15 is 0 Å². The number of nitrogens with one attached hydrogen (secondary N) is 2. The van der Waals surface area contributed by atoms with Crippen molar-refractivity contribution < 1.29 is 33.7 Å². The van der Waals surface area contributed by atoms with Crippen LogP contribution in [0.3, 0.4) is 0 Å². The van der Waals surface area contributed by atoms with Crippen molar-refractivity contribution in [3.63, 3.8) is 0 Å². The largest absolute Gasteiger partial charge is 0.508 e. The second-order valence-corrected chi connectivity index (χ2v) is 22.5. The van der Waals surface area contributed by atoms with Gasteiger partial charge in [0.2, 0.25) is 11.8 Å². The molecule has 3 aliphatic heterocycles. The van der Waals surface area contributed by atoms with Gasteiger partial charge in [-0.1, -0.05) is 73.1 Å². The van der Waals surface area contributed by atoms with Crippen molar-refractivity contribution in [3.8, 4) is 43.9 Å². The summed E-state index contributed by atoms with van der Waals surface area (Å²) in [4.78, 5) is 49.3. The van der Waals surface area contributed by atoms with E-state index in [-0.39, 0.29) is 35.1 Å². The first kappa shape index (κ1) is 52.1. The summed E-state index contributed by atoms with van der Waals surface area (Å²) in [7, 11) is 2.02. The summed E-state index contributed by atoms with van der Waals surface area (Å²) in [5, 5.41) is 16.9. The fourth-order valence-electron chi connectivity index (χ4n) is 9.14. The number of carbonyl (C=O) groups excluding carboxylic acids is 3. The third kappa shape index (κ3) is 13.9. The van der Waals surface area contributed by atoms with Crippen LogP contribution in [0, 0.1) is 12.3 Å². The summed E-state index contributed by atoms with van der Waals surface area (Å²) in [6.07, 6.45) is 5.16. The lowest BCUT2D eigenvalue weighted by Gasteiger charge is -2.46. The Morgan fingerprint density at radius 3 is 2.24 bits per heavy atom. The van der Waals surface area contributed by atoms with E-state index in [1.165, 1.54) is 10.4 Å². The van der Waals surface area contributed by atoms with Crippen molar-refractivity contribution >= 4 is 66.8 Å². The molecule has 9 rings (SSSR count). The number of aldehydes is 1. The zero-order chi connectivity index (χ0) is 50.1. The van der Waals surface area contributed by atoms with E-state index in [1.807, 2.05) is 82.7 Å². The van der Waals surface area contributed by atoms with Crippen molar-refractivity contribution in [1.82, 2.24) is 30.3 Å². The number of rotatable bonds is 17. The lowest BCUT2D eigenvalue weighted by molar-refractivity contribution is -0.127. The van der Waals surface area contributed by atoms with Crippen LogP contribution in [0.1, 0.15) is 57.7 Å². The zero-order valence-corrected chi connectivity index (χ0v) is 44.4. The molecule has 16 heteroatoms. The number of aryl methyl sites for hydroxylation is 1. The summed E-state index contributed by atoms with van der Waals surface area (Å²) >= 11 is 6.76. The Labute approximate surface area is 433 Å². The predicted molar refractivity (Wildman–Crippen MR) is 287 cm³/mol. The van der Waals surface area contributed by atoms with Gasteiger partial charge in [-0.3, -0.25) is 24.3 Å². The normalized spacial score (nSPS) is 17.5. The number of halogens is 1. The maximum atomic E-state index is 12.5. The number of likely N-dealkylation sites (N-methyl/N-ethyl adjacent to an activating group) is 1. The quantitative estimate of drug-likeness (QED) is 0.0593. The van der Waals surface area contributed by atoms with Crippen molar-refractivity contribution in [2.75, 3.05) is 59.5 Å². The second-order valence-electron chi connectivity index (χ2n) is 19.7. The van der Waals surface area contributed by atoms with Gasteiger partial charge in [0.1, 0.15) is 30.1 Å². The number of hydrogen-bond donors (Lipinski definition) is 3. The lowest BCUT2D eigenvalue weighted by Crippen LogP contribution is -2.59. The molecule has 13 nitrogen and oxygen atoms in total. The topological polar surface area (TPSA) is 146 Å². The predicted octanol–water partition coefficient (Wildman–Crippen LogP) is 9.93. The Morgan fingerprint density at radius 2 is 1.59 bits per heavy atom. The summed E-state index contributed by atoms with van der Waals surface area (Å²) in [5.41, 5.74) is 5.99. The van der Waals surface area contributed by atoms with Gasteiger partial charge in [0.25, 0.3) is 0 Å². The monoisotopic (exact) mass is 1060 g/mol. The fourth-order valence-corrected chi connectivity index (χ4v) is 11.4. The van der Waals surface area contributed by atoms with E-state index in [9.17, 15) is 19.5 Å². The Morgan fingerprint density at radius 1 is 0.901 bits per heavy atom. The molecule has 2 amide bonds. The smallest absolute Gasteiger partial charge is 0.237 e. The van der Waals surface area contributed by atoms with Gasteiger partial charge in [-0.25, -0.2) is 4.98 Å². The molecular formula is C55H65BrN6O7S2. The standard InChI is InChI=1S/C38H44BrN3O6S.C17H21N3OS/c1-38(2,3)34(24-43)40-35(45)23-41-16-14-27(15-17-41)42-21-31(22-42)47-19-18-46-29-9-11-30(12-10-29)48-36-32-13-8-28(44)20-33(32)49-37(36)25-4-6-26(39)7-5-25;1-12-16(22-11-19-12)14-7-5-13(6-8-14)10-18-17(21)15-4-3-9-20(15)2/h4-13,20,24,27,31,34,44H,14-19,21-23H2,1-3H3,(H,40,45);5-8,11,15H,3-4,9-10H2,1-2H3,(H,18,21). The van der Waals surface area contributed by atoms with Crippen LogP contribution in [0.4, 0.5) is 0 Å². The first-order valence-corrected chi connectivity index (χ1v) is 26.9. The average Bonchev–Trinajstić information content (AvgIpc) is 4.08. The van der Waals surface area contributed by atoms with Crippen LogP contribution in [0.5, 0.6) is 23.0 Å². The van der Waals surface area contributed by atoms with Gasteiger partial charge < -0.3 is 34.7 Å². The Bertz CT molecular complexity index is 2710. The molecule has 3 aliphatic rings. The maximum absolute atomic E-state index is 12.5.